The molecule has 134 valence electrons. The second-order valence-corrected chi connectivity index (χ2v) is 7.35. The molecule has 0 aliphatic heterocycles. The lowest BCUT2D eigenvalue weighted by molar-refractivity contribution is -0.118. The number of benzene rings is 2. The van der Waals surface area contributed by atoms with Gasteiger partial charge < -0.3 is 4.90 Å². The molecule has 2 aromatic carbocycles. The quantitative estimate of drug-likeness (QED) is 0.821. The molecule has 0 aliphatic carbocycles. The standard InChI is InChI=1S/C18H21FN2O3S/c1-3-21(16-6-4-5-14(2)13-16)18(22)11-12-20-25(23,24)17-9-7-15(19)8-10-17/h4-10,13,20H,3,11-12H2,1-2H3. The average molecular weight is 364 g/mol. The van der Waals surface area contributed by atoms with E-state index in [9.17, 15) is 17.6 Å². The highest BCUT2D eigenvalue weighted by molar-refractivity contribution is 7.89. The highest BCUT2D eigenvalue weighted by Crippen LogP contribution is 2.17. The number of nitrogens with zero attached hydrogens (tertiary/aromatic N) is 1. The molecule has 0 unspecified atom stereocenters. The zero-order valence-corrected chi connectivity index (χ0v) is 15.0. The Kier molecular flexibility index (Phi) is 6.27. The zero-order valence-electron chi connectivity index (χ0n) is 14.2. The highest BCUT2D eigenvalue weighted by Gasteiger charge is 2.17. The van der Waals surface area contributed by atoms with E-state index in [0.29, 0.717) is 6.54 Å². The van der Waals surface area contributed by atoms with Gasteiger partial charge in [-0.2, -0.15) is 0 Å². The van der Waals surface area contributed by atoms with Crippen molar-refractivity contribution in [1.29, 1.82) is 0 Å². The van der Waals surface area contributed by atoms with Crippen molar-refractivity contribution in [3.05, 3.63) is 59.9 Å². The number of carbonyl (C=O) groups is 1. The van der Waals surface area contributed by atoms with Gasteiger partial charge in [0.1, 0.15) is 5.82 Å². The molecule has 5 nitrogen and oxygen atoms in total. The second-order valence-electron chi connectivity index (χ2n) is 5.58. The minimum Gasteiger partial charge on any atom is -0.313 e. The van der Waals surface area contributed by atoms with Crippen molar-refractivity contribution in [2.45, 2.75) is 25.2 Å². The average Bonchev–Trinajstić information content (AvgIpc) is 2.56. The van der Waals surface area contributed by atoms with Crippen LogP contribution in [0.2, 0.25) is 0 Å². The number of carbonyl (C=O) groups excluding carboxylic acids is 1. The van der Waals surface area contributed by atoms with Crippen LogP contribution in [0.25, 0.3) is 0 Å². The lowest BCUT2D eigenvalue weighted by Crippen LogP contribution is -2.34. The number of amides is 1. The van der Waals surface area contributed by atoms with Crippen LogP contribution < -0.4 is 9.62 Å². The van der Waals surface area contributed by atoms with Crippen LogP contribution in [0.15, 0.2) is 53.4 Å². The number of hydrogen-bond acceptors (Lipinski definition) is 3. The lowest BCUT2D eigenvalue weighted by Gasteiger charge is -2.21. The molecular formula is C18H21FN2O3S. The maximum absolute atomic E-state index is 12.9. The molecule has 0 aromatic heterocycles. The number of anilines is 1. The van der Waals surface area contributed by atoms with Crippen molar-refractivity contribution in [3.63, 3.8) is 0 Å². The molecule has 0 heterocycles. The monoisotopic (exact) mass is 364 g/mol. The first kappa shape index (κ1) is 19.1. The van der Waals surface area contributed by atoms with Crippen molar-refractivity contribution >= 4 is 21.6 Å². The van der Waals surface area contributed by atoms with E-state index in [2.05, 4.69) is 4.72 Å². The highest BCUT2D eigenvalue weighted by atomic mass is 32.2. The van der Waals surface area contributed by atoms with Gasteiger partial charge in [0.25, 0.3) is 0 Å². The van der Waals surface area contributed by atoms with Crippen LogP contribution in [-0.2, 0) is 14.8 Å². The molecule has 0 saturated heterocycles. The summed E-state index contributed by atoms with van der Waals surface area (Å²) < 4.78 is 39.5. The van der Waals surface area contributed by atoms with Gasteiger partial charge in [0.05, 0.1) is 4.90 Å². The van der Waals surface area contributed by atoms with Crippen molar-refractivity contribution in [2.75, 3.05) is 18.0 Å². The fourth-order valence-electron chi connectivity index (χ4n) is 2.42. The van der Waals surface area contributed by atoms with Gasteiger partial charge in [0.15, 0.2) is 0 Å². The summed E-state index contributed by atoms with van der Waals surface area (Å²) in [5.41, 5.74) is 1.83. The predicted octanol–water partition coefficient (Wildman–Crippen LogP) is 2.86. The largest absolute Gasteiger partial charge is 0.313 e. The van der Waals surface area contributed by atoms with Gasteiger partial charge in [0, 0.05) is 25.2 Å². The Morgan fingerprint density at radius 1 is 1.16 bits per heavy atom. The van der Waals surface area contributed by atoms with Gasteiger partial charge in [-0.05, 0) is 55.8 Å². The van der Waals surface area contributed by atoms with Crippen molar-refractivity contribution in [1.82, 2.24) is 4.72 Å². The van der Waals surface area contributed by atoms with E-state index < -0.39 is 15.8 Å². The van der Waals surface area contributed by atoms with Crippen LogP contribution in [0, 0.1) is 12.7 Å². The number of halogens is 1. The molecule has 0 fully saturated rings. The number of rotatable bonds is 7. The molecule has 2 aromatic rings. The molecule has 0 aliphatic rings. The Morgan fingerprint density at radius 3 is 2.44 bits per heavy atom. The van der Waals surface area contributed by atoms with Gasteiger partial charge in [-0.25, -0.2) is 17.5 Å². The van der Waals surface area contributed by atoms with Crippen LogP contribution in [0.5, 0.6) is 0 Å². The Hall–Kier alpha value is -2.25. The summed E-state index contributed by atoms with van der Waals surface area (Å²) in [6.45, 7) is 4.27. The van der Waals surface area contributed by atoms with Gasteiger partial charge in [-0.3, -0.25) is 4.79 Å². The normalized spacial score (nSPS) is 11.3. The summed E-state index contributed by atoms with van der Waals surface area (Å²) in [5, 5.41) is 0. The topological polar surface area (TPSA) is 66.5 Å². The van der Waals surface area contributed by atoms with Crippen LogP contribution >= 0.6 is 0 Å². The summed E-state index contributed by atoms with van der Waals surface area (Å²) in [4.78, 5) is 14.0. The molecule has 0 atom stereocenters. The maximum Gasteiger partial charge on any atom is 0.240 e. The van der Waals surface area contributed by atoms with E-state index in [-0.39, 0.29) is 23.8 Å². The number of sulfonamides is 1. The third kappa shape index (κ3) is 5.11. The SMILES string of the molecule is CCN(C(=O)CCNS(=O)(=O)c1ccc(F)cc1)c1cccc(C)c1. The third-order valence-corrected chi connectivity index (χ3v) is 5.16. The molecule has 1 N–H and O–H groups in total. The molecule has 2 rings (SSSR count). The number of nitrogens with one attached hydrogen (secondary N) is 1. The van der Waals surface area contributed by atoms with Gasteiger partial charge in [-0.15, -0.1) is 0 Å². The van der Waals surface area contributed by atoms with E-state index in [1.54, 1.807) is 4.90 Å². The smallest absolute Gasteiger partial charge is 0.240 e. The fraction of sp³-hybridized carbons (Fsp3) is 0.278. The van der Waals surface area contributed by atoms with Gasteiger partial charge in [0.2, 0.25) is 15.9 Å². The zero-order chi connectivity index (χ0) is 18.4. The summed E-state index contributed by atoms with van der Waals surface area (Å²) >= 11 is 0. The molecule has 7 heteroatoms. The number of hydrogen-bond donors (Lipinski definition) is 1. The van der Waals surface area contributed by atoms with Crippen molar-refractivity contribution in [3.8, 4) is 0 Å². The van der Waals surface area contributed by atoms with E-state index in [0.717, 1.165) is 23.4 Å². The Bertz CT molecular complexity index is 836. The lowest BCUT2D eigenvalue weighted by atomic mass is 10.2. The summed E-state index contributed by atoms with van der Waals surface area (Å²) in [5.74, 6) is -0.680. The molecule has 0 radical (unpaired) electrons. The predicted molar refractivity (Wildman–Crippen MR) is 95.4 cm³/mol. The first-order valence-electron chi connectivity index (χ1n) is 7.96. The van der Waals surface area contributed by atoms with E-state index in [1.165, 1.54) is 12.1 Å². The molecule has 1 amide bonds. The van der Waals surface area contributed by atoms with Crippen molar-refractivity contribution < 1.29 is 17.6 Å². The molecule has 0 saturated carbocycles. The van der Waals surface area contributed by atoms with Gasteiger partial charge >= 0.3 is 0 Å². The first-order valence-corrected chi connectivity index (χ1v) is 9.44. The van der Waals surface area contributed by atoms with Crippen molar-refractivity contribution in [2.24, 2.45) is 0 Å². The maximum atomic E-state index is 12.9. The minimum atomic E-state index is -3.76. The third-order valence-electron chi connectivity index (χ3n) is 3.69. The van der Waals surface area contributed by atoms with E-state index >= 15 is 0 Å². The summed E-state index contributed by atoms with van der Waals surface area (Å²) in [6.07, 6.45) is 0.0300. The fourth-order valence-corrected chi connectivity index (χ4v) is 3.45. The Balaban J connectivity index is 1.98. The molecular weight excluding hydrogens is 343 g/mol. The van der Waals surface area contributed by atoms with Crippen LogP contribution in [-0.4, -0.2) is 27.4 Å². The molecule has 0 spiro atoms. The second kappa shape index (κ2) is 8.22. The molecule has 25 heavy (non-hydrogen) atoms. The minimum absolute atomic E-state index is 0.0269. The summed E-state index contributed by atoms with van der Waals surface area (Å²) in [7, 11) is -3.76. The Morgan fingerprint density at radius 2 is 1.84 bits per heavy atom. The van der Waals surface area contributed by atoms with Gasteiger partial charge in [-0.1, -0.05) is 12.1 Å². The van der Waals surface area contributed by atoms with E-state index in [4.69, 9.17) is 0 Å². The van der Waals surface area contributed by atoms with Crippen LogP contribution in [0.1, 0.15) is 18.9 Å². The molecule has 0 bridgehead atoms. The van der Waals surface area contributed by atoms with Crippen LogP contribution in [0.3, 0.4) is 0 Å². The summed E-state index contributed by atoms with van der Waals surface area (Å²) in [6, 6.07) is 12.1. The van der Waals surface area contributed by atoms with E-state index in [1.807, 2.05) is 38.1 Å². The Labute approximate surface area is 147 Å². The first-order chi connectivity index (χ1) is 11.8. The van der Waals surface area contributed by atoms with Crippen LogP contribution in [0.4, 0.5) is 10.1 Å². The number of aryl methyl sites for hydroxylation is 1.